The van der Waals surface area contributed by atoms with Crippen LogP contribution in [0.1, 0.15) is 26.2 Å². The van der Waals surface area contributed by atoms with Crippen molar-refractivity contribution >= 4 is 5.91 Å². The summed E-state index contributed by atoms with van der Waals surface area (Å²) in [7, 11) is 0. The minimum Gasteiger partial charge on any atom is -0.395 e. The van der Waals surface area contributed by atoms with E-state index < -0.39 is 13.0 Å². The smallest absolute Gasteiger partial charge is 0.255 e. The number of aliphatic hydroxyl groups is 1. The third-order valence-electron chi connectivity index (χ3n) is 3.72. The molecular weight excluding hydrogens is 254 g/mol. The molecule has 1 rings (SSSR count). The van der Waals surface area contributed by atoms with Crippen LogP contribution in [0.5, 0.6) is 0 Å². The van der Waals surface area contributed by atoms with Crippen molar-refractivity contribution in [2.45, 2.75) is 32.6 Å². The van der Waals surface area contributed by atoms with Gasteiger partial charge in [0.05, 0.1) is 13.2 Å². The Balaban J connectivity index is 2.44. The molecule has 0 bridgehead atoms. The Labute approximate surface area is 113 Å². The number of carbonyl (C=O) groups excluding carboxylic acids is 1. The zero-order chi connectivity index (χ0) is 14.3. The van der Waals surface area contributed by atoms with Crippen LogP contribution in [0.3, 0.4) is 0 Å². The van der Waals surface area contributed by atoms with Gasteiger partial charge in [-0.3, -0.25) is 4.79 Å². The summed E-state index contributed by atoms with van der Waals surface area (Å²) in [6.07, 6.45) is -0.0993. The van der Waals surface area contributed by atoms with Gasteiger partial charge in [-0.15, -0.1) is 0 Å². The average Bonchev–Trinajstić information content (AvgIpc) is 2.38. The van der Waals surface area contributed by atoms with Gasteiger partial charge in [-0.25, -0.2) is 8.78 Å². The molecule has 0 saturated carbocycles. The van der Waals surface area contributed by atoms with Crippen molar-refractivity contribution in [2.24, 2.45) is 11.8 Å². The van der Waals surface area contributed by atoms with Crippen molar-refractivity contribution in [1.82, 2.24) is 10.2 Å². The van der Waals surface area contributed by atoms with Crippen molar-refractivity contribution in [3.8, 4) is 0 Å². The maximum absolute atomic E-state index is 12.4. The van der Waals surface area contributed by atoms with Gasteiger partial charge in [0, 0.05) is 13.0 Å². The molecule has 1 saturated heterocycles. The summed E-state index contributed by atoms with van der Waals surface area (Å²) in [5.41, 5.74) is 0. The minimum atomic E-state index is -2.55. The fourth-order valence-electron chi connectivity index (χ4n) is 2.54. The van der Waals surface area contributed by atoms with Gasteiger partial charge in [0.15, 0.2) is 0 Å². The molecule has 19 heavy (non-hydrogen) atoms. The summed E-state index contributed by atoms with van der Waals surface area (Å²) in [5.74, 6) is 0.326. The van der Waals surface area contributed by atoms with E-state index >= 15 is 0 Å². The third kappa shape index (κ3) is 5.82. The molecule has 0 aromatic carbocycles. The molecule has 1 amide bonds. The highest BCUT2D eigenvalue weighted by Gasteiger charge is 2.25. The van der Waals surface area contributed by atoms with Crippen LogP contribution in [-0.4, -0.2) is 55.1 Å². The lowest BCUT2D eigenvalue weighted by atomic mass is 9.85. The second-order valence-corrected chi connectivity index (χ2v) is 5.24. The highest BCUT2D eigenvalue weighted by atomic mass is 19.3. The third-order valence-corrected chi connectivity index (χ3v) is 3.72. The highest BCUT2D eigenvalue weighted by Crippen LogP contribution is 2.23. The Morgan fingerprint density at radius 3 is 2.79 bits per heavy atom. The van der Waals surface area contributed by atoms with E-state index in [0.29, 0.717) is 5.92 Å². The molecule has 2 unspecified atom stereocenters. The molecule has 1 heterocycles. The van der Waals surface area contributed by atoms with Gasteiger partial charge in [-0.05, 0) is 37.8 Å². The van der Waals surface area contributed by atoms with E-state index in [0.717, 1.165) is 30.8 Å². The number of rotatable bonds is 7. The normalized spacial score (nSPS) is 21.4. The monoisotopic (exact) mass is 278 g/mol. The lowest BCUT2D eigenvalue weighted by Crippen LogP contribution is -2.40. The Hall–Kier alpha value is -0.750. The van der Waals surface area contributed by atoms with E-state index in [2.05, 4.69) is 5.32 Å². The van der Waals surface area contributed by atoms with E-state index in [1.807, 2.05) is 6.92 Å². The van der Waals surface area contributed by atoms with Crippen molar-refractivity contribution in [2.75, 3.05) is 32.8 Å². The molecule has 2 atom stereocenters. The van der Waals surface area contributed by atoms with Crippen LogP contribution in [0.2, 0.25) is 0 Å². The molecule has 1 aliphatic heterocycles. The Kier molecular flexibility index (Phi) is 7.23. The molecule has 0 aromatic rings. The molecule has 0 aromatic heterocycles. The minimum absolute atomic E-state index is 0.0151. The number of hydrogen-bond acceptors (Lipinski definition) is 3. The van der Waals surface area contributed by atoms with E-state index in [-0.39, 0.29) is 31.4 Å². The fraction of sp³-hybridized carbons (Fsp3) is 0.923. The van der Waals surface area contributed by atoms with Crippen LogP contribution in [-0.2, 0) is 4.79 Å². The summed E-state index contributed by atoms with van der Waals surface area (Å²) < 4.78 is 24.8. The van der Waals surface area contributed by atoms with Gasteiger partial charge in [0.25, 0.3) is 6.43 Å². The van der Waals surface area contributed by atoms with Gasteiger partial charge >= 0.3 is 0 Å². The second-order valence-electron chi connectivity index (χ2n) is 5.24. The van der Waals surface area contributed by atoms with Crippen LogP contribution in [0.25, 0.3) is 0 Å². The number of nitrogens with one attached hydrogen (secondary N) is 1. The largest absolute Gasteiger partial charge is 0.395 e. The van der Waals surface area contributed by atoms with Gasteiger partial charge in [0.2, 0.25) is 5.91 Å². The number of alkyl halides is 2. The Morgan fingerprint density at radius 1 is 1.53 bits per heavy atom. The van der Waals surface area contributed by atoms with Crippen molar-refractivity contribution in [3.05, 3.63) is 0 Å². The van der Waals surface area contributed by atoms with Gasteiger partial charge in [0.1, 0.15) is 0 Å². The number of amides is 1. The maximum Gasteiger partial charge on any atom is 0.255 e. The van der Waals surface area contributed by atoms with Gasteiger partial charge < -0.3 is 15.3 Å². The van der Waals surface area contributed by atoms with Gasteiger partial charge in [-0.1, -0.05) is 6.92 Å². The van der Waals surface area contributed by atoms with Crippen molar-refractivity contribution in [3.63, 3.8) is 0 Å². The van der Waals surface area contributed by atoms with Crippen LogP contribution in [0.4, 0.5) is 8.78 Å². The van der Waals surface area contributed by atoms with Crippen molar-refractivity contribution < 1.29 is 18.7 Å². The molecule has 112 valence electrons. The number of nitrogens with zero attached hydrogens (tertiary/aromatic N) is 1. The summed E-state index contributed by atoms with van der Waals surface area (Å²) in [5, 5.41) is 12.1. The highest BCUT2D eigenvalue weighted by molar-refractivity contribution is 5.76. The van der Waals surface area contributed by atoms with E-state index in [1.165, 1.54) is 0 Å². The van der Waals surface area contributed by atoms with Crippen LogP contribution in [0.15, 0.2) is 0 Å². The first-order valence-corrected chi connectivity index (χ1v) is 6.92. The lowest BCUT2D eigenvalue weighted by molar-refractivity contribution is -0.135. The van der Waals surface area contributed by atoms with Crippen LogP contribution in [0, 0.1) is 11.8 Å². The molecule has 4 nitrogen and oxygen atoms in total. The van der Waals surface area contributed by atoms with E-state index in [4.69, 9.17) is 5.11 Å². The van der Waals surface area contributed by atoms with Crippen LogP contribution < -0.4 is 5.32 Å². The SMILES string of the molecule is CC(CC(=O)N(CCO)CC(F)F)C1CCCNC1. The lowest BCUT2D eigenvalue weighted by Gasteiger charge is -2.30. The number of piperidine rings is 1. The molecule has 6 heteroatoms. The predicted octanol–water partition coefficient (Wildman–Crippen LogP) is 1.10. The number of carbonyl (C=O) groups is 1. The summed E-state index contributed by atoms with van der Waals surface area (Å²) in [6, 6.07) is 0. The number of hydrogen-bond donors (Lipinski definition) is 2. The zero-order valence-electron chi connectivity index (χ0n) is 11.4. The molecule has 0 spiro atoms. The first kappa shape index (κ1) is 16.3. The van der Waals surface area contributed by atoms with Crippen molar-refractivity contribution in [1.29, 1.82) is 0 Å². The maximum atomic E-state index is 12.4. The molecule has 0 aliphatic carbocycles. The topological polar surface area (TPSA) is 52.6 Å². The zero-order valence-corrected chi connectivity index (χ0v) is 11.4. The van der Waals surface area contributed by atoms with Gasteiger partial charge in [-0.2, -0.15) is 0 Å². The summed E-state index contributed by atoms with van der Waals surface area (Å²) in [6.45, 7) is 3.02. The second kappa shape index (κ2) is 8.43. The average molecular weight is 278 g/mol. The molecule has 1 aliphatic rings. The molecule has 1 fully saturated rings. The summed E-state index contributed by atoms with van der Waals surface area (Å²) in [4.78, 5) is 13.0. The summed E-state index contributed by atoms with van der Waals surface area (Å²) >= 11 is 0. The molecular formula is C13H24F2N2O2. The van der Waals surface area contributed by atoms with E-state index in [9.17, 15) is 13.6 Å². The quantitative estimate of drug-likeness (QED) is 0.733. The first-order chi connectivity index (χ1) is 9.04. The molecule has 2 N–H and O–H groups in total. The Bertz CT molecular complexity index is 271. The fourth-order valence-corrected chi connectivity index (χ4v) is 2.54. The van der Waals surface area contributed by atoms with Crippen LogP contribution >= 0.6 is 0 Å². The number of aliphatic hydroxyl groups excluding tert-OH is 1. The van der Waals surface area contributed by atoms with E-state index in [1.54, 1.807) is 0 Å². The Morgan fingerprint density at radius 2 is 2.26 bits per heavy atom. The number of halogens is 2. The molecule has 0 radical (unpaired) electrons. The first-order valence-electron chi connectivity index (χ1n) is 6.92. The standard InChI is InChI=1S/C13H24F2N2O2/c1-10(11-3-2-4-16-8-11)7-13(19)17(5-6-18)9-12(14)15/h10-12,16,18H,2-9H2,1H3. The predicted molar refractivity (Wildman–Crippen MR) is 69.0 cm³/mol.